The smallest absolute Gasteiger partial charge is 0.328 e. The van der Waals surface area contributed by atoms with E-state index in [1.54, 1.807) is 30.1 Å². The van der Waals surface area contributed by atoms with Crippen molar-refractivity contribution < 1.29 is 9.90 Å². The predicted molar refractivity (Wildman–Crippen MR) is 81.9 cm³/mol. The maximum Gasteiger partial charge on any atom is 0.328 e. The number of halogens is 1. The van der Waals surface area contributed by atoms with Crippen LogP contribution < -0.4 is 0 Å². The molecule has 0 aliphatic heterocycles. The number of rotatable bonds is 5. The van der Waals surface area contributed by atoms with Crippen LogP contribution in [0.4, 0.5) is 0 Å². The molecule has 0 saturated carbocycles. The van der Waals surface area contributed by atoms with Gasteiger partial charge in [-0.25, -0.2) is 9.78 Å². The van der Waals surface area contributed by atoms with Crippen molar-refractivity contribution in [3.8, 4) is 0 Å². The van der Waals surface area contributed by atoms with Crippen molar-refractivity contribution in [2.24, 2.45) is 0 Å². The van der Waals surface area contributed by atoms with E-state index in [9.17, 15) is 4.79 Å². The van der Waals surface area contributed by atoms with Crippen LogP contribution in [-0.4, -0.2) is 16.1 Å². The molecule has 0 bridgehead atoms. The molecule has 0 unspecified atom stereocenters. The summed E-state index contributed by atoms with van der Waals surface area (Å²) in [6.45, 7) is 0. The molecule has 102 valence electrons. The zero-order valence-corrected chi connectivity index (χ0v) is 12.1. The predicted octanol–water partition coefficient (Wildman–Crippen LogP) is 4.13. The summed E-state index contributed by atoms with van der Waals surface area (Å²) in [6.07, 6.45) is 4.40. The van der Waals surface area contributed by atoms with E-state index in [0.717, 1.165) is 28.0 Å². The Kier molecular flexibility index (Phi) is 5.21. The van der Waals surface area contributed by atoms with Crippen molar-refractivity contribution in [3.63, 3.8) is 0 Å². The van der Waals surface area contributed by atoms with Crippen LogP contribution in [0.5, 0.6) is 0 Å². The highest BCUT2D eigenvalue weighted by molar-refractivity contribution is 7.98. The van der Waals surface area contributed by atoms with Gasteiger partial charge in [-0.2, -0.15) is 0 Å². The molecule has 0 atom stereocenters. The van der Waals surface area contributed by atoms with Gasteiger partial charge in [0.1, 0.15) is 5.03 Å². The molecule has 1 N–H and O–H groups in total. The molecule has 5 heteroatoms. The number of carboxylic acids is 1. The molecule has 1 aromatic heterocycles. The third-order valence-corrected chi connectivity index (χ3v) is 3.99. The van der Waals surface area contributed by atoms with E-state index in [0.29, 0.717) is 5.02 Å². The standard InChI is InChI=1S/C15H12ClNO2S/c16-13-2-1-9-17-15(13)20-10-12-5-3-11(4-6-12)7-8-14(18)19/h1-9H,10H2,(H,18,19). The summed E-state index contributed by atoms with van der Waals surface area (Å²) in [7, 11) is 0. The molecule has 0 spiro atoms. The van der Waals surface area contributed by atoms with Crippen LogP contribution in [0.15, 0.2) is 53.7 Å². The van der Waals surface area contributed by atoms with Gasteiger partial charge in [-0.3, -0.25) is 0 Å². The van der Waals surface area contributed by atoms with Crippen molar-refractivity contribution in [3.05, 3.63) is 64.8 Å². The van der Waals surface area contributed by atoms with Crippen LogP contribution in [0.25, 0.3) is 6.08 Å². The number of hydrogen-bond donors (Lipinski definition) is 1. The third-order valence-electron chi connectivity index (χ3n) is 2.50. The Morgan fingerprint density at radius 1 is 1.30 bits per heavy atom. The van der Waals surface area contributed by atoms with Gasteiger partial charge in [0, 0.05) is 18.0 Å². The zero-order chi connectivity index (χ0) is 14.4. The van der Waals surface area contributed by atoms with E-state index in [2.05, 4.69) is 4.98 Å². The number of benzene rings is 1. The lowest BCUT2D eigenvalue weighted by Crippen LogP contribution is -1.86. The Morgan fingerprint density at radius 2 is 2.05 bits per heavy atom. The number of nitrogens with zero attached hydrogens (tertiary/aromatic N) is 1. The van der Waals surface area contributed by atoms with Crippen LogP contribution in [0.2, 0.25) is 5.02 Å². The highest BCUT2D eigenvalue weighted by Gasteiger charge is 2.02. The molecule has 0 fully saturated rings. The molecule has 20 heavy (non-hydrogen) atoms. The lowest BCUT2D eigenvalue weighted by atomic mass is 10.1. The van der Waals surface area contributed by atoms with Gasteiger partial charge in [-0.15, -0.1) is 11.8 Å². The monoisotopic (exact) mass is 305 g/mol. The number of carbonyl (C=O) groups is 1. The average Bonchev–Trinajstić information content (AvgIpc) is 2.45. The number of hydrogen-bond acceptors (Lipinski definition) is 3. The minimum absolute atomic E-state index is 0.651. The maximum atomic E-state index is 10.4. The van der Waals surface area contributed by atoms with Gasteiger partial charge < -0.3 is 5.11 Å². The molecule has 0 radical (unpaired) electrons. The molecule has 2 rings (SSSR count). The minimum atomic E-state index is -0.950. The van der Waals surface area contributed by atoms with E-state index in [-0.39, 0.29) is 0 Å². The summed E-state index contributed by atoms with van der Waals surface area (Å²) in [5, 5.41) is 10.0. The molecule has 0 saturated heterocycles. The second-order valence-electron chi connectivity index (χ2n) is 3.99. The van der Waals surface area contributed by atoms with Gasteiger partial charge in [0.25, 0.3) is 0 Å². The number of aromatic nitrogens is 1. The first-order valence-corrected chi connectivity index (χ1v) is 7.25. The van der Waals surface area contributed by atoms with Crippen LogP contribution >= 0.6 is 23.4 Å². The summed E-state index contributed by atoms with van der Waals surface area (Å²) in [6, 6.07) is 11.3. The first kappa shape index (κ1) is 14.6. The van der Waals surface area contributed by atoms with Gasteiger partial charge in [-0.05, 0) is 29.3 Å². The summed E-state index contributed by atoms with van der Waals surface area (Å²) < 4.78 is 0. The van der Waals surface area contributed by atoms with Gasteiger partial charge in [-0.1, -0.05) is 35.9 Å². The molecule has 0 amide bonds. The Bertz CT molecular complexity index is 626. The molecular weight excluding hydrogens is 294 g/mol. The van der Waals surface area contributed by atoms with E-state index in [1.807, 2.05) is 30.3 Å². The Balaban J connectivity index is 1.97. The number of aliphatic carboxylic acids is 1. The highest BCUT2D eigenvalue weighted by atomic mass is 35.5. The second-order valence-corrected chi connectivity index (χ2v) is 5.36. The lowest BCUT2D eigenvalue weighted by molar-refractivity contribution is -0.131. The fourth-order valence-electron chi connectivity index (χ4n) is 1.52. The summed E-state index contributed by atoms with van der Waals surface area (Å²) >= 11 is 7.61. The fourth-order valence-corrected chi connectivity index (χ4v) is 2.64. The van der Waals surface area contributed by atoms with E-state index < -0.39 is 5.97 Å². The second kappa shape index (κ2) is 7.12. The van der Waals surface area contributed by atoms with Gasteiger partial charge in [0.15, 0.2) is 0 Å². The molecule has 0 aliphatic carbocycles. The van der Waals surface area contributed by atoms with Crippen LogP contribution in [0.1, 0.15) is 11.1 Å². The Labute approximate surface area is 126 Å². The maximum absolute atomic E-state index is 10.4. The van der Waals surface area contributed by atoms with E-state index >= 15 is 0 Å². The molecule has 1 aromatic carbocycles. The molecule has 3 nitrogen and oxygen atoms in total. The average molecular weight is 306 g/mol. The first-order chi connectivity index (χ1) is 9.65. The van der Waals surface area contributed by atoms with Gasteiger partial charge in [0.2, 0.25) is 0 Å². The Hall–Kier alpha value is -1.78. The largest absolute Gasteiger partial charge is 0.478 e. The number of pyridine rings is 1. The summed E-state index contributed by atoms with van der Waals surface area (Å²) in [5.41, 5.74) is 1.99. The minimum Gasteiger partial charge on any atom is -0.478 e. The number of carboxylic acid groups (broad SMARTS) is 1. The topological polar surface area (TPSA) is 50.2 Å². The van der Waals surface area contributed by atoms with Crippen molar-refractivity contribution in [1.29, 1.82) is 0 Å². The molecule has 1 heterocycles. The Morgan fingerprint density at radius 3 is 2.70 bits per heavy atom. The van der Waals surface area contributed by atoms with E-state index in [1.165, 1.54) is 0 Å². The lowest BCUT2D eigenvalue weighted by Gasteiger charge is -2.03. The highest BCUT2D eigenvalue weighted by Crippen LogP contribution is 2.27. The SMILES string of the molecule is O=C(O)C=Cc1ccc(CSc2ncccc2Cl)cc1. The van der Waals surface area contributed by atoms with E-state index in [4.69, 9.17) is 16.7 Å². The third kappa shape index (κ3) is 4.40. The number of thioether (sulfide) groups is 1. The quantitative estimate of drug-likeness (QED) is 0.666. The van der Waals surface area contributed by atoms with Crippen LogP contribution in [0.3, 0.4) is 0 Å². The van der Waals surface area contributed by atoms with Gasteiger partial charge >= 0.3 is 5.97 Å². The normalized spacial score (nSPS) is 10.8. The molecule has 0 aliphatic rings. The fraction of sp³-hybridized carbons (Fsp3) is 0.0667. The molecular formula is C15H12ClNO2S. The van der Waals surface area contributed by atoms with Crippen molar-refractivity contribution in [2.45, 2.75) is 10.8 Å². The van der Waals surface area contributed by atoms with Crippen LogP contribution in [0, 0.1) is 0 Å². The van der Waals surface area contributed by atoms with Crippen molar-refractivity contribution in [2.75, 3.05) is 0 Å². The van der Waals surface area contributed by atoms with Crippen molar-refractivity contribution in [1.82, 2.24) is 4.98 Å². The van der Waals surface area contributed by atoms with Gasteiger partial charge in [0.05, 0.1) is 5.02 Å². The van der Waals surface area contributed by atoms with Crippen LogP contribution in [-0.2, 0) is 10.5 Å². The van der Waals surface area contributed by atoms with Crippen molar-refractivity contribution >= 4 is 35.4 Å². The summed E-state index contributed by atoms with van der Waals surface area (Å²) in [5.74, 6) is -0.186. The zero-order valence-electron chi connectivity index (χ0n) is 10.5. The summed E-state index contributed by atoms with van der Waals surface area (Å²) in [4.78, 5) is 14.6. The first-order valence-electron chi connectivity index (χ1n) is 5.88. The molecule has 2 aromatic rings.